The van der Waals surface area contributed by atoms with E-state index in [0.29, 0.717) is 17.9 Å². The van der Waals surface area contributed by atoms with Crippen LogP contribution in [0.15, 0.2) is 11.4 Å². The fraction of sp³-hybridized carbons (Fsp3) is 0.667. The second-order valence-electron chi connectivity index (χ2n) is 4.37. The molecule has 2 rings (SSSR count). The van der Waals surface area contributed by atoms with Gasteiger partial charge in [-0.15, -0.1) is 0 Å². The van der Waals surface area contributed by atoms with Crippen molar-refractivity contribution in [2.75, 3.05) is 6.61 Å². The predicted molar refractivity (Wildman–Crippen MR) is 61.6 cm³/mol. The molecule has 0 bridgehead atoms. The van der Waals surface area contributed by atoms with Gasteiger partial charge < -0.3 is 15.4 Å². The first-order valence-electron chi connectivity index (χ1n) is 6.10. The summed E-state index contributed by atoms with van der Waals surface area (Å²) < 4.78 is 4.86. The maximum absolute atomic E-state index is 11.6. The Morgan fingerprint density at radius 1 is 1.41 bits per heavy atom. The van der Waals surface area contributed by atoms with E-state index in [-0.39, 0.29) is 12.2 Å². The average Bonchev–Trinajstić information content (AvgIpc) is 2.73. The monoisotopic (exact) mass is 235 g/mol. The molecule has 2 fully saturated rings. The fourth-order valence-corrected chi connectivity index (χ4v) is 2.44. The first kappa shape index (κ1) is 11.8. The lowest BCUT2D eigenvalue weighted by molar-refractivity contribution is -0.138. The lowest BCUT2D eigenvalue weighted by Gasteiger charge is -2.23. The van der Waals surface area contributed by atoms with E-state index < -0.39 is 5.97 Å². The smallest absolute Gasteiger partial charge is 0.352 e. The Hall–Kier alpha value is -1.70. The Kier molecular flexibility index (Phi) is 3.52. The lowest BCUT2D eigenvalue weighted by Crippen LogP contribution is -2.36. The van der Waals surface area contributed by atoms with Crippen LogP contribution in [0.25, 0.3) is 0 Å². The van der Waals surface area contributed by atoms with Gasteiger partial charge in [0.1, 0.15) is 11.9 Å². The SMILES string of the molecule is CCOC(=O)C(C#N)=C1NC2CCCCC2N1. The van der Waals surface area contributed by atoms with Crippen molar-refractivity contribution in [3.63, 3.8) is 0 Å². The number of hydrogen-bond acceptors (Lipinski definition) is 5. The molecule has 0 aromatic carbocycles. The number of nitrogens with zero attached hydrogens (tertiary/aromatic N) is 1. The molecular weight excluding hydrogens is 218 g/mol. The van der Waals surface area contributed by atoms with Crippen molar-refractivity contribution in [2.24, 2.45) is 0 Å². The van der Waals surface area contributed by atoms with Crippen molar-refractivity contribution in [3.8, 4) is 6.07 Å². The molecule has 2 atom stereocenters. The molecule has 5 heteroatoms. The number of hydrogen-bond donors (Lipinski definition) is 2. The van der Waals surface area contributed by atoms with Crippen LogP contribution in [0.4, 0.5) is 0 Å². The van der Waals surface area contributed by atoms with E-state index in [9.17, 15) is 4.79 Å². The van der Waals surface area contributed by atoms with Crippen LogP contribution in [0.1, 0.15) is 32.6 Å². The fourth-order valence-electron chi connectivity index (χ4n) is 2.44. The highest BCUT2D eigenvalue weighted by Gasteiger charge is 2.34. The Bertz CT molecular complexity index is 368. The van der Waals surface area contributed by atoms with E-state index in [2.05, 4.69) is 10.6 Å². The molecule has 0 amide bonds. The van der Waals surface area contributed by atoms with E-state index in [0.717, 1.165) is 12.8 Å². The number of nitriles is 1. The maximum atomic E-state index is 11.6. The van der Waals surface area contributed by atoms with Crippen LogP contribution in [0, 0.1) is 11.3 Å². The highest BCUT2D eigenvalue weighted by Crippen LogP contribution is 2.24. The molecule has 0 aromatic heterocycles. The summed E-state index contributed by atoms with van der Waals surface area (Å²) in [7, 11) is 0. The van der Waals surface area contributed by atoms with Crippen molar-refractivity contribution in [1.82, 2.24) is 10.6 Å². The quantitative estimate of drug-likeness (QED) is 0.420. The van der Waals surface area contributed by atoms with E-state index in [1.807, 2.05) is 6.07 Å². The summed E-state index contributed by atoms with van der Waals surface area (Å²) in [4.78, 5) is 11.6. The molecule has 1 aliphatic heterocycles. The lowest BCUT2D eigenvalue weighted by atomic mass is 9.92. The van der Waals surface area contributed by atoms with Gasteiger partial charge in [-0.25, -0.2) is 4.79 Å². The van der Waals surface area contributed by atoms with Gasteiger partial charge in [0, 0.05) is 12.1 Å². The third kappa shape index (κ3) is 2.36. The molecule has 17 heavy (non-hydrogen) atoms. The van der Waals surface area contributed by atoms with Gasteiger partial charge in [-0.2, -0.15) is 5.26 Å². The average molecular weight is 235 g/mol. The van der Waals surface area contributed by atoms with Crippen molar-refractivity contribution in [3.05, 3.63) is 11.4 Å². The highest BCUT2D eigenvalue weighted by molar-refractivity contribution is 5.93. The van der Waals surface area contributed by atoms with Gasteiger partial charge in [-0.3, -0.25) is 0 Å². The van der Waals surface area contributed by atoms with E-state index in [1.54, 1.807) is 6.92 Å². The molecule has 0 aromatic rings. The molecule has 2 N–H and O–H groups in total. The Balaban J connectivity index is 2.15. The van der Waals surface area contributed by atoms with Gasteiger partial charge in [0.05, 0.1) is 6.61 Å². The number of rotatable bonds is 2. The molecule has 2 unspecified atom stereocenters. The van der Waals surface area contributed by atoms with Crippen LogP contribution in [0.2, 0.25) is 0 Å². The zero-order chi connectivity index (χ0) is 12.3. The van der Waals surface area contributed by atoms with Gasteiger partial charge in [0.2, 0.25) is 0 Å². The first-order chi connectivity index (χ1) is 8.26. The highest BCUT2D eigenvalue weighted by atomic mass is 16.5. The number of carbonyl (C=O) groups excluding carboxylic acids is 1. The Labute approximate surface area is 101 Å². The van der Waals surface area contributed by atoms with Crippen molar-refractivity contribution in [1.29, 1.82) is 5.26 Å². The van der Waals surface area contributed by atoms with Crippen LogP contribution in [0.5, 0.6) is 0 Å². The number of carbonyl (C=O) groups is 1. The second kappa shape index (κ2) is 5.09. The summed E-state index contributed by atoms with van der Waals surface area (Å²) in [5.41, 5.74) is 0.0567. The van der Waals surface area contributed by atoms with Crippen LogP contribution in [-0.2, 0) is 9.53 Å². The van der Waals surface area contributed by atoms with Gasteiger partial charge >= 0.3 is 5.97 Å². The van der Waals surface area contributed by atoms with Crippen LogP contribution in [0.3, 0.4) is 0 Å². The van der Waals surface area contributed by atoms with Gasteiger partial charge in [0.25, 0.3) is 0 Å². The molecule has 1 saturated heterocycles. The summed E-state index contributed by atoms with van der Waals surface area (Å²) in [6, 6.07) is 2.61. The van der Waals surface area contributed by atoms with E-state index in [4.69, 9.17) is 10.00 Å². The Morgan fingerprint density at radius 2 is 2.00 bits per heavy atom. The number of nitrogens with one attached hydrogen (secondary N) is 2. The summed E-state index contributed by atoms with van der Waals surface area (Å²) in [6.07, 6.45) is 4.57. The molecule has 1 saturated carbocycles. The minimum Gasteiger partial charge on any atom is -0.462 e. The number of ether oxygens (including phenoxy) is 1. The molecule has 1 heterocycles. The third-order valence-corrected chi connectivity index (χ3v) is 3.27. The molecule has 0 spiro atoms. The molecule has 92 valence electrons. The normalized spacial score (nSPS) is 26.2. The maximum Gasteiger partial charge on any atom is 0.352 e. The molecule has 2 aliphatic rings. The summed E-state index contributed by atoms with van der Waals surface area (Å²) >= 11 is 0. The molecular formula is C12H17N3O2. The summed E-state index contributed by atoms with van der Waals surface area (Å²) in [6.45, 7) is 2.01. The van der Waals surface area contributed by atoms with Gasteiger partial charge in [0.15, 0.2) is 5.57 Å². The molecule has 5 nitrogen and oxygen atoms in total. The van der Waals surface area contributed by atoms with Crippen LogP contribution >= 0.6 is 0 Å². The standard InChI is InChI=1S/C12H17N3O2/c1-2-17-12(16)8(7-13)11-14-9-5-3-4-6-10(9)15-11/h9-10,14-15H,2-6H2,1H3. The zero-order valence-electron chi connectivity index (χ0n) is 9.95. The summed E-state index contributed by atoms with van der Waals surface area (Å²) in [5.74, 6) is -0.00787. The van der Waals surface area contributed by atoms with Gasteiger partial charge in [-0.1, -0.05) is 12.8 Å². The van der Waals surface area contributed by atoms with Crippen LogP contribution < -0.4 is 10.6 Å². The van der Waals surface area contributed by atoms with Gasteiger partial charge in [-0.05, 0) is 19.8 Å². The summed E-state index contributed by atoms with van der Waals surface area (Å²) in [5, 5.41) is 15.5. The number of fused-ring (bicyclic) bond motifs is 1. The minimum atomic E-state index is -0.552. The van der Waals surface area contributed by atoms with Crippen molar-refractivity contribution in [2.45, 2.75) is 44.7 Å². The Morgan fingerprint density at radius 3 is 2.47 bits per heavy atom. The van der Waals surface area contributed by atoms with Crippen LogP contribution in [-0.4, -0.2) is 24.7 Å². The predicted octanol–water partition coefficient (Wildman–Crippen LogP) is 0.789. The largest absolute Gasteiger partial charge is 0.462 e. The molecule has 1 aliphatic carbocycles. The van der Waals surface area contributed by atoms with Crippen molar-refractivity contribution >= 4 is 5.97 Å². The zero-order valence-corrected chi connectivity index (χ0v) is 9.95. The minimum absolute atomic E-state index is 0.0567. The van der Waals surface area contributed by atoms with Crippen molar-refractivity contribution < 1.29 is 9.53 Å². The van der Waals surface area contributed by atoms with E-state index in [1.165, 1.54) is 12.8 Å². The third-order valence-electron chi connectivity index (χ3n) is 3.27. The second-order valence-corrected chi connectivity index (χ2v) is 4.37. The van der Waals surface area contributed by atoms with E-state index >= 15 is 0 Å². The first-order valence-corrected chi connectivity index (χ1v) is 6.10. The topological polar surface area (TPSA) is 74.2 Å². The molecule has 0 radical (unpaired) electrons. The number of esters is 1.